The minimum absolute atomic E-state index is 0.0801. The van der Waals surface area contributed by atoms with Crippen LogP contribution >= 0.6 is 0 Å². The van der Waals surface area contributed by atoms with Gasteiger partial charge in [0.05, 0.1) is 24.4 Å². The summed E-state index contributed by atoms with van der Waals surface area (Å²) in [6.45, 7) is 7.16. The van der Waals surface area contributed by atoms with Crippen LogP contribution in [0, 0.1) is 5.82 Å². The largest absolute Gasteiger partial charge is 0.484 e. The minimum Gasteiger partial charge on any atom is -0.484 e. The number of halogens is 1. The molecule has 2 rings (SSSR count). The van der Waals surface area contributed by atoms with E-state index in [0.29, 0.717) is 18.9 Å². The van der Waals surface area contributed by atoms with Gasteiger partial charge in [0.15, 0.2) is 0 Å². The normalized spacial score (nSPS) is 19.2. The molecule has 0 fully saturated rings. The van der Waals surface area contributed by atoms with E-state index in [0.717, 1.165) is 5.69 Å². The number of nitrogens with one attached hydrogen (secondary N) is 1. The van der Waals surface area contributed by atoms with Crippen molar-refractivity contribution < 1.29 is 13.9 Å². The number of fused-ring (bicyclic) bond motifs is 1. The van der Waals surface area contributed by atoms with Gasteiger partial charge in [-0.1, -0.05) is 0 Å². The molecule has 1 heterocycles. The van der Waals surface area contributed by atoms with Crippen LogP contribution in [0.1, 0.15) is 20.8 Å². The van der Waals surface area contributed by atoms with Crippen molar-refractivity contribution >= 4 is 5.69 Å². The molecule has 0 aromatic heterocycles. The van der Waals surface area contributed by atoms with E-state index in [9.17, 15) is 4.39 Å². The highest BCUT2D eigenvalue weighted by Crippen LogP contribution is 2.29. The number of anilines is 1. The van der Waals surface area contributed by atoms with Crippen LogP contribution < -0.4 is 10.1 Å². The van der Waals surface area contributed by atoms with E-state index in [1.807, 2.05) is 20.8 Å². The van der Waals surface area contributed by atoms with E-state index in [2.05, 4.69) is 5.32 Å². The molecule has 1 unspecified atom stereocenters. The molecule has 0 saturated carbocycles. The van der Waals surface area contributed by atoms with E-state index in [1.54, 1.807) is 6.07 Å². The highest BCUT2D eigenvalue weighted by atomic mass is 19.1. The first kappa shape index (κ1) is 12.2. The molecule has 1 atom stereocenters. The van der Waals surface area contributed by atoms with Crippen LogP contribution in [-0.4, -0.2) is 24.9 Å². The smallest absolute Gasteiger partial charge is 0.145 e. The summed E-state index contributed by atoms with van der Waals surface area (Å²) in [5.74, 6) is 0.265. The molecule has 0 amide bonds. The van der Waals surface area contributed by atoms with Gasteiger partial charge in [0, 0.05) is 6.07 Å². The molecule has 0 aliphatic carbocycles. The van der Waals surface area contributed by atoms with Gasteiger partial charge in [-0.25, -0.2) is 4.39 Å². The molecule has 4 heteroatoms. The number of hydrogen-bond acceptors (Lipinski definition) is 3. The number of hydrogen-bond donors (Lipinski definition) is 1. The van der Waals surface area contributed by atoms with E-state index in [1.165, 1.54) is 12.1 Å². The molecule has 0 bridgehead atoms. The third kappa shape index (κ3) is 3.33. The molecule has 0 radical (unpaired) electrons. The van der Waals surface area contributed by atoms with Crippen LogP contribution in [-0.2, 0) is 4.74 Å². The molecule has 17 heavy (non-hydrogen) atoms. The van der Waals surface area contributed by atoms with Gasteiger partial charge in [0.25, 0.3) is 0 Å². The molecule has 1 aromatic carbocycles. The van der Waals surface area contributed by atoms with Gasteiger partial charge >= 0.3 is 0 Å². The van der Waals surface area contributed by atoms with E-state index in [-0.39, 0.29) is 17.5 Å². The Morgan fingerprint density at radius 1 is 1.47 bits per heavy atom. The van der Waals surface area contributed by atoms with Crippen molar-refractivity contribution in [3.63, 3.8) is 0 Å². The highest BCUT2D eigenvalue weighted by Gasteiger charge is 2.22. The molecule has 1 aliphatic heterocycles. The van der Waals surface area contributed by atoms with Crippen LogP contribution in [0.2, 0.25) is 0 Å². The lowest BCUT2D eigenvalue weighted by molar-refractivity contribution is -0.0398. The van der Waals surface area contributed by atoms with Gasteiger partial charge in [0.2, 0.25) is 0 Å². The Labute approximate surface area is 101 Å². The summed E-state index contributed by atoms with van der Waals surface area (Å²) in [7, 11) is 0. The maximum Gasteiger partial charge on any atom is 0.145 e. The van der Waals surface area contributed by atoms with Gasteiger partial charge in [-0.2, -0.15) is 0 Å². The first-order valence-corrected chi connectivity index (χ1v) is 5.78. The monoisotopic (exact) mass is 239 g/mol. The van der Waals surface area contributed by atoms with Gasteiger partial charge in [-0.05, 0) is 32.9 Å². The predicted octanol–water partition coefficient (Wildman–Crippen LogP) is 2.81. The van der Waals surface area contributed by atoms with Crippen LogP contribution in [0.25, 0.3) is 0 Å². The molecule has 1 aromatic rings. The first-order valence-electron chi connectivity index (χ1n) is 5.78. The van der Waals surface area contributed by atoms with Crippen molar-refractivity contribution in [2.75, 3.05) is 18.5 Å². The quantitative estimate of drug-likeness (QED) is 0.860. The summed E-state index contributed by atoms with van der Waals surface area (Å²) >= 11 is 0. The fourth-order valence-corrected chi connectivity index (χ4v) is 1.62. The third-order valence-electron chi connectivity index (χ3n) is 2.46. The van der Waals surface area contributed by atoms with E-state index >= 15 is 0 Å². The Morgan fingerprint density at radius 2 is 2.24 bits per heavy atom. The van der Waals surface area contributed by atoms with Crippen molar-refractivity contribution in [2.45, 2.75) is 32.5 Å². The lowest BCUT2D eigenvalue weighted by Gasteiger charge is -2.29. The summed E-state index contributed by atoms with van der Waals surface area (Å²) < 4.78 is 24.4. The first-order chi connectivity index (χ1) is 7.94. The van der Waals surface area contributed by atoms with Crippen molar-refractivity contribution in [3.8, 4) is 5.75 Å². The van der Waals surface area contributed by atoms with Gasteiger partial charge in [0.1, 0.15) is 17.7 Å². The predicted molar refractivity (Wildman–Crippen MR) is 65.0 cm³/mol. The Hall–Kier alpha value is -1.29. The molecule has 0 spiro atoms. The zero-order valence-electron chi connectivity index (χ0n) is 10.4. The van der Waals surface area contributed by atoms with Crippen molar-refractivity contribution in [2.24, 2.45) is 0 Å². The van der Waals surface area contributed by atoms with Gasteiger partial charge in [-0.15, -0.1) is 0 Å². The minimum atomic E-state index is -0.289. The number of benzene rings is 1. The fourth-order valence-electron chi connectivity index (χ4n) is 1.62. The van der Waals surface area contributed by atoms with Gasteiger partial charge in [-0.3, -0.25) is 0 Å². The van der Waals surface area contributed by atoms with Crippen molar-refractivity contribution in [1.82, 2.24) is 0 Å². The maximum absolute atomic E-state index is 13.1. The average molecular weight is 239 g/mol. The fraction of sp³-hybridized carbons (Fsp3) is 0.538. The summed E-state index contributed by atoms with van der Waals surface area (Å²) in [6.07, 6.45) is -0.0801. The van der Waals surface area contributed by atoms with Crippen molar-refractivity contribution in [1.29, 1.82) is 0 Å². The second-order valence-corrected chi connectivity index (χ2v) is 5.18. The Balaban J connectivity index is 1.98. The zero-order valence-corrected chi connectivity index (χ0v) is 10.4. The second kappa shape index (κ2) is 4.53. The van der Waals surface area contributed by atoms with Crippen LogP contribution in [0.4, 0.5) is 10.1 Å². The van der Waals surface area contributed by atoms with Crippen LogP contribution in [0.15, 0.2) is 18.2 Å². The molecule has 94 valence electrons. The molecule has 1 aliphatic rings. The maximum atomic E-state index is 13.1. The summed E-state index contributed by atoms with van der Waals surface area (Å²) in [5.41, 5.74) is 0.643. The summed E-state index contributed by atoms with van der Waals surface area (Å²) in [5, 5.41) is 3.20. The highest BCUT2D eigenvalue weighted by molar-refractivity contribution is 5.57. The Kier molecular flexibility index (Phi) is 3.24. The summed E-state index contributed by atoms with van der Waals surface area (Å²) in [6, 6.07) is 4.50. The van der Waals surface area contributed by atoms with Crippen LogP contribution in [0.3, 0.4) is 0 Å². The standard InChI is InChI=1S/C13H18FNO2/c1-13(2,3)16-8-10-7-15-11-5-4-9(14)6-12(11)17-10/h4-6,10,15H,7-8H2,1-3H3. The molecule has 3 nitrogen and oxygen atoms in total. The van der Waals surface area contributed by atoms with Crippen molar-refractivity contribution in [3.05, 3.63) is 24.0 Å². The zero-order chi connectivity index (χ0) is 12.5. The molecular weight excluding hydrogens is 221 g/mol. The Bertz CT molecular complexity index is 401. The van der Waals surface area contributed by atoms with E-state index in [4.69, 9.17) is 9.47 Å². The van der Waals surface area contributed by atoms with Crippen LogP contribution in [0.5, 0.6) is 5.75 Å². The topological polar surface area (TPSA) is 30.5 Å². The van der Waals surface area contributed by atoms with E-state index < -0.39 is 0 Å². The second-order valence-electron chi connectivity index (χ2n) is 5.18. The molecule has 0 saturated heterocycles. The average Bonchev–Trinajstić information content (AvgIpc) is 2.24. The number of rotatable bonds is 2. The summed E-state index contributed by atoms with van der Waals surface area (Å²) in [4.78, 5) is 0. The Morgan fingerprint density at radius 3 is 2.94 bits per heavy atom. The SMILES string of the molecule is CC(C)(C)OCC1CNc2ccc(F)cc2O1. The third-order valence-corrected chi connectivity index (χ3v) is 2.46. The lowest BCUT2D eigenvalue weighted by atomic mass is 10.2. The van der Waals surface area contributed by atoms with Gasteiger partial charge < -0.3 is 14.8 Å². The lowest BCUT2D eigenvalue weighted by Crippen LogP contribution is -2.37. The molecular formula is C13H18FNO2. The number of ether oxygens (including phenoxy) is 2. The molecule has 1 N–H and O–H groups in total.